The van der Waals surface area contributed by atoms with Gasteiger partial charge in [-0.25, -0.2) is 19.2 Å². The van der Waals surface area contributed by atoms with Crippen molar-refractivity contribution >= 4 is 23.9 Å². The van der Waals surface area contributed by atoms with Crippen LogP contribution in [0.15, 0.2) is 50.2 Å². The van der Waals surface area contributed by atoms with Crippen LogP contribution in [0.2, 0.25) is 0 Å². The second kappa shape index (κ2) is 11.2. The van der Waals surface area contributed by atoms with E-state index in [9.17, 15) is 19.2 Å². The normalized spacial score (nSPS) is 10.0. The van der Waals surface area contributed by atoms with E-state index < -0.39 is 55.7 Å². The number of hydrogen-bond acceptors (Lipinski definition) is 9. The van der Waals surface area contributed by atoms with Crippen molar-refractivity contribution in [1.29, 1.82) is 0 Å². The van der Waals surface area contributed by atoms with Crippen molar-refractivity contribution < 1.29 is 38.1 Å². The van der Waals surface area contributed by atoms with Crippen molar-refractivity contribution in [3.8, 4) is 0 Å². The quantitative estimate of drug-likeness (QED) is 0.291. The van der Waals surface area contributed by atoms with Gasteiger partial charge in [0.2, 0.25) is 0 Å². The molecule has 0 saturated carbocycles. The van der Waals surface area contributed by atoms with Gasteiger partial charge in [0.1, 0.15) is 37.5 Å². The summed E-state index contributed by atoms with van der Waals surface area (Å²) in [5.41, 5.74) is 3.46. The van der Waals surface area contributed by atoms with Crippen LogP contribution < -0.4 is 5.73 Å². The van der Waals surface area contributed by atoms with Gasteiger partial charge in [-0.3, -0.25) is 0 Å². The lowest BCUT2D eigenvalue weighted by molar-refractivity contribution is -0.164. The number of nitrogens with two attached hydrogens (primary N) is 1. The molecule has 0 aromatic carbocycles. The molecule has 142 valence electrons. The highest BCUT2D eigenvalue weighted by molar-refractivity contribution is 5.86. The van der Waals surface area contributed by atoms with Crippen LogP contribution in [0.1, 0.15) is 0 Å². The van der Waals surface area contributed by atoms with Gasteiger partial charge in [0.25, 0.3) is 0 Å². The molecule has 0 radical (unpaired) electrons. The number of carbonyl (C=O) groups excluding carboxylic acids is 4. The number of ether oxygens (including phenoxy) is 4. The molecule has 0 aliphatic rings. The topological polar surface area (TPSA) is 131 Å². The molecule has 9 nitrogen and oxygen atoms in total. The van der Waals surface area contributed by atoms with Crippen LogP contribution in [0.25, 0.3) is 0 Å². The molecule has 0 bridgehead atoms. The minimum absolute atomic E-state index is 0.367. The minimum Gasteiger partial charge on any atom is -0.462 e. The molecular formula is C17H21NO8. The van der Waals surface area contributed by atoms with E-state index in [1.165, 1.54) is 0 Å². The smallest absolute Gasteiger partial charge is 0.353 e. The first-order chi connectivity index (χ1) is 12.2. The Kier molecular flexibility index (Phi) is 9.79. The molecule has 0 atom stereocenters. The van der Waals surface area contributed by atoms with Crippen LogP contribution in [0.4, 0.5) is 0 Å². The molecule has 0 aromatic rings. The van der Waals surface area contributed by atoms with E-state index >= 15 is 0 Å². The van der Waals surface area contributed by atoms with Gasteiger partial charge in [-0.1, -0.05) is 26.3 Å². The van der Waals surface area contributed by atoms with E-state index in [0.717, 1.165) is 18.2 Å². The Morgan fingerprint density at radius 1 is 0.731 bits per heavy atom. The summed E-state index contributed by atoms with van der Waals surface area (Å²) in [6.07, 6.45) is 2.72. The summed E-state index contributed by atoms with van der Waals surface area (Å²) < 4.78 is 19.8. The molecule has 0 aromatic heterocycles. The Hall–Kier alpha value is -3.36. The van der Waals surface area contributed by atoms with Gasteiger partial charge in [-0.2, -0.15) is 0 Å². The number of carbonyl (C=O) groups is 4. The van der Waals surface area contributed by atoms with Crippen LogP contribution in [0, 0.1) is 5.41 Å². The van der Waals surface area contributed by atoms with Gasteiger partial charge in [0.15, 0.2) is 0 Å². The van der Waals surface area contributed by atoms with Crippen LogP contribution >= 0.6 is 0 Å². The SMILES string of the molecule is C=CC(=O)OCC(COC(=O)C=C)(COC(=O)C=C)COC(=O)C(=C)N. The summed E-state index contributed by atoms with van der Waals surface area (Å²) in [4.78, 5) is 45.6. The van der Waals surface area contributed by atoms with Crippen LogP contribution in [-0.4, -0.2) is 50.3 Å². The average molecular weight is 367 g/mol. The summed E-state index contributed by atoms with van der Waals surface area (Å²) in [7, 11) is 0. The molecule has 0 amide bonds. The lowest BCUT2D eigenvalue weighted by Gasteiger charge is -2.31. The zero-order valence-corrected chi connectivity index (χ0v) is 14.2. The van der Waals surface area contributed by atoms with Crippen LogP contribution in [0.3, 0.4) is 0 Å². The van der Waals surface area contributed by atoms with Crippen LogP contribution in [-0.2, 0) is 38.1 Å². The van der Waals surface area contributed by atoms with Gasteiger partial charge in [0, 0.05) is 18.2 Å². The van der Waals surface area contributed by atoms with E-state index in [2.05, 4.69) is 26.3 Å². The molecule has 0 heterocycles. The molecule has 0 unspecified atom stereocenters. The highest BCUT2D eigenvalue weighted by Crippen LogP contribution is 2.22. The fourth-order valence-electron chi connectivity index (χ4n) is 1.41. The predicted octanol–water partition coefficient (Wildman–Crippen LogP) is 0.176. The molecule has 0 rings (SSSR count). The van der Waals surface area contributed by atoms with Crippen LogP contribution in [0.5, 0.6) is 0 Å². The maximum absolute atomic E-state index is 11.6. The van der Waals surface area contributed by atoms with Crippen molar-refractivity contribution in [2.75, 3.05) is 26.4 Å². The fourth-order valence-corrected chi connectivity index (χ4v) is 1.41. The molecule has 0 aliphatic heterocycles. The first kappa shape index (κ1) is 22.6. The highest BCUT2D eigenvalue weighted by Gasteiger charge is 2.37. The van der Waals surface area contributed by atoms with Gasteiger partial charge in [-0.05, 0) is 0 Å². The Labute approximate surface area is 150 Å². The largest absolute Gasteiger partial charge is 0.462 e. The van der Waals surface area contributed by atoms with E-state index in [0.29, 0.717) is 0 Å². The second-order valence-electron chi connectivity index (χ2n) is 5.04. The van der Waals surface area contributed by atoms with E-state index in [1.54, 1.807) is 0 Å². The standard InChI is InChI=1S/C17H21NO8/c1-5-13(19)23-8-17(9-24-14(20)6-2,10-25-15(21)7-3)11-26-16(22)12(4)18/h5-7H,1-4,8-11,18H2. The van der Waals surface area contributed by atoms with Crippen molar-refractivity contribution in [2.24, 2.45) is 11.1 Å². The number of esters is 4. The van der Waals surface area contributed by atoms with E-state index in [-0.39, 0.29) is 5.70 Å². The number of hydrogen-bond donors (Lipinski definition) is 1. The van der Waals surface area contributed by atoms with Crippen molar-refractivity contribution in [3.63, 3.8) is 0 Å². The lowest BCUT2D eigenvalue weighted by Crippen LogP contribution is -2.44. The molecular weight excluding hydrogens is 346 g/mol. The first-order valence-corrected chi connectivity index (χ1v) is 7.18. The van der Waals surface area contributed by atoms with Gasteiger partial charge in [0.05, 0.1) is 0 Å². The average Bonchev–Trinajstić information content (AvgIpc) is 2.65. The van der Waals surface area contributed by atoms with Crippen molar-refractivity contribution in [1.82, 2.24) is 0 Å². The summed E-state index contributed by atoms with van der Waals surface area (Å²) in [5.74, 6) is -3.29. The molecule has 0 aliphatic carbocycles. The molecule has 9 heteroatoms. The van der Waals surface area contributed by atoms with Crippen molar-refractivity contribution in [2.45, 2.75) is 0 Å². The zero-order chi connectivity index (χ0) is 20.2. The predicted molar refractivity (Wildman–Crippen MR) is 90.2 cm³/mol. The third-order valence-corrected chi connectivity index (χ3v) is 2.83. The Morgan fingerprint density at radius 3 is 1.31 bits per heavy atom. The summed E-state index contributed by atoms with van der Waals surface area (Å²) in [6.45, 7) is 11.3. The molecule has 26 heavy (non-hydrogen) atoms. The Morgan fingerprint density at radius 2 is 1.04 bits per heavy atom. The summed E-state index contributed by atoms with van der Waals surface area (Å²) in [6, 6.07) is 0. The third-order valence-electron chi connectivity index (χ3n) is 2.83. The Balaban J connectivity index is 5.44. The highest BCUT2D eigenvalue weighted by atomic mass is 16.6. The maximum atomic E-state index is 11.6. The second-order valence-corrected chi connectivity index (χ2v) is 5.04. The van der Waals surface area contributed by atoms with E-state index in [4.69, 9.17) is 24.7 Å². The monoisotopic (exact) mass is 367 g/mol. The van der Waals surface area contributed by atoms with Gasteiger partial charge in [-0.15, -0.1) is 0 Å². The van der Waals surface area contributed by atoms with E-state index in [1.807, 2.05) is 0 Å². The molecule has 0 spiro atoms. The molecule has 0 fully saturated rings. The summed E-state index contributed by atoms with van der Waals surface area (Å²) >= 11 is 0. The minimum atomic E-state index is -1.40. The zero-order valence-electron chi connectivity index (χ0n) is 14.2. The van der Waals surface area contributed by atoms with Crippen molar-refractivity contribution in [3.05, 3.63) is 50.2 Å². The van der Waals surface area contributed by atoms with Gasteiger partial charge >= 0.3 is 23.9 Å². The lowest BCUT2D eigenvalue weighted by atomic mass is 9.92. The Bertz CT molecular complexity index is 548. The summed E-state index contributed by atoms with van der Waals surface area (Å²) in [5, 5.41) is 0. The first-order valence-electron chi connectivity index (χ1n) is 7.18. The number of rotatable bonds is 12. The molecule has 2 N–H and O–H groups in total. The van der Waals surface area contributed by atoms with Gasteiger partial charge < -0.3 is 24.7 Å². The third kappa shape index (κ3) is 8.48. The molecule has 0 saturated heterocycles. The maximum Gasteiger partial charge on any atom is 0.353 e. The fraction of sp³-hybridized carbons (Fsp3) is 0.294.